The first-order valence-electron chi connectivity index (χ1n) is 7.41. The molecule has 1 aliphatic carbocycles. The lowest BCUT2D eigenvalue weighted by Crippen LogP contribution is -2.31. The van der Waals surface area contributed by atoms with Crippen molar-refractivity contribution >= 4 is 21.8 Å². The van der Waals surface area contributed by atoms with Crippen molar-refractivity contribution in [3.8, 4) is 0 Å². The molecule has 1 unspecified atom stereocenters. The van der Waals surface area contributed by atoms with Gasteiger partial charge in [-0.2, -0.15) is 16.9 Å². The minimum absolute atomic E-state index is 0.321. The fourth-order valence-electron chi connectivity index (χ4n) is 2.52. The SMILES string of the molecule is Cc1[nH]nc(CNC2CC2)c1S(=O)(=O)NCC1CCSC1. The number of aromatic amines is 1. The molecule has 21 heavy (non-hydrogen) atoms. The van der Waals surface area contributed by atoms with E-state index in [0.29, 0.717) is 41.3 Å². The molecule has 0 amide bonds. The Morgan fingerprint density at radius 3 is 2.86 bits per heavy atom. The minimum atomic E-state index is -3.49. The van der Waals surface area contributed by atoms with Crippen LogP contribution in [-0.2, 0) is 16.6 Å². The van der Waals surface area contributed by atoms with Crippen LogP contribution in [0.5, 0.6) is 0 Å². The van der Waals surface area contributed by atoms with E-state index in [4.69, 9.17) is 0 Å². The van der Waals surface area contributed by atoms with Crippen LogP contribution in [0.1, 0.15) is 30.7 Å². The molecule has 2 heterocycles. The number of H-pyrrole nitrogens is 1. The van der Waals surface area contributed by atoms with Crippen molar-refractivity contribution in [1.82, 2.24) is 20.2 Å². The summed E-state index contributed by atoms with van der Waals surface area (Å²) in [6, 6.07) is 0.529. The molecule has 3 N–H and O–H groups in total. The van der Waals surface area contributed by atoms with Crippen LogP contribution in [0.15, 0.2) is 4.90 Å². The van der Waals surface area contributed by atoms with Crippen LogP contribution in [0.3, 0.4) is 0 Å². The number of hydrogen-bond donors (Lipinski definition) is 3. The number of nitrogens with zero attached hydrogens (tertiary/aromatic N) is 1. The van der Waals surface area contributed by atoms with Crippen molar-refractivity contribution in [1.29, 1.82) is 0 Å². The second-order valence-electron chi connectivity index (χ2n) is 5.86. The van der Waals surface area contributed by atoms with Crippen LogP contribution in [-0.4, -0.2) is 42.7 Å². The first-order chi connectivity index (χ1) is 10.1. The summed E-state index contributed by atoms with van der Waals surface area (Å²) in [6.07, 6.45) is 3.43. The molecule has 2 fully saturated rings. The zero-order chi connectivity index (χ0) is 14.9. The average Bonchev–Trinajstić information content (AvgIpc) is 2.97. The zero-order valence-corrected chi connectivity index (χ0v) is 13.8. The third-order valence-electron chi connectivity index (χ3n) is 3.95. The molecule has 2 aliphatic rings. The van der Waals surface area contributed by atoms with Crippen molar-refractivity contribution < 1.29 is 8.42 Å². The maximum absolute atomic E-state index is 12.5. The van der Waals surface area contributed by atoms with Gasteiger partial charge in [0.1, 0.15) is 4.90 Å². The molecule has 1 saturated carbocycles. The van der Waals surface area contributed by atoms with Crippen molar-refractivity contribution in [3.63, 3.8) is 0 Å². The fraction of sp³-hybridized carbons (Fsp3) is 0.769. The highest BCUT2D eigenvalue weighted by molar-refractivity contribution is 7.99. The lowest BCUT2D eigenvalue weighted by Gasteiger charge is -2.11. The zero-order valence-electron chi connectivity index (χ0n) is 12.2. The van der Waals surface area contributed by atoms with E-state index in [1.165, 1.54) is 12.8 Å². The number of aromatic nitrogens is 2. The Labute approximate surface area is 129 Å². The molecular formula is C13H22N4O2S2. The summed E-state index contributed by atoms with van der Waals surface area (Å²) >= 11 is 1.89. The van der Waals surface area contributed by atoms with Crippen LogP contribution in [0.25, 0.3) is 0 Å². The van der Waals surface area contributed by atoms with Gasteiger partial charge in [0, 0.05) is 19.1 Å². The summed E-state index contributed by atoms with van der Waals surface area (Å²) in [6.45, 7) is 2.79. The monoisotopic (exact) mass is 330 g/mol. The van der Waals surface area contributed by atoms with E-state index in [1.54, 1.807) is 6.92 Å². The molecule has 0 radical (unpaired) electrons. The Morgan fingerprint density at radius 2 is 2.19 bits per heavy atom. The predicted octanol–water partition coefficient (Wildman–Crippen LogP) is 1.00. The second-order valence-corrected chi connectivity index (χ2v) is 8.71. The van der Waals surface area contributed by atoms with Crippen molar-refractivity contribution in [2.75, 3.05) is 18.1 Å². The summed E-state index contributed by atoms with van der Waals surface area (Å²) in [7, 11) is -3.49. The number of thioether (sulfide) groups is 1. The van der Waals surface area contributed by atoms with Gasteiger partial charge in [0.2, 0.25) is 10.0 Å². The van der Waals surface area contributed by atoms with Gasteiger partial charge in [-0.15, -0.1) is 0 Å². The molecule has 3 rings (SSSR count). The van der Waals surface area contributed by atoms with Crippen LogP contribution in [0, 0.1) is 12.8 Å². The summed E-state index contributed by atoms with van der Waals surface area (Å²) < 4.78 is 27.9. The smallest absolute Gasteiger partial charge is 0.244 e. The lowest BCUT2D eigenvalue weighted by atomic mass is 10.1. The molecule has 0 spiro atoms. The lowest BCUT2D eigenvalue weighted by molar-refractivity contribution is 0.543. The van der Waals surface area contributed by atoms with E-state index in [0.717, 1.165) is 17.9 Å². The topological polar surface area (TPSA) is 86.9 Å². The van der Waals surface area contributed by atoms with Gasteiger partial charge in [-0.3, -0.25) is 5.10 Å². The molecule has 8 heteroatoms. The number of rotatable bonds is 7. The number of hydrogen-bond acceptors (Lipinski definition) is 5. The van der Waals surface area contributed by atoms with E-state index >= 15 is 0 Å². The third kappa shape index (κ3) is 3.80. The van der Waals surface area contributed by atoms with Crippen LogP contribution in [0.4, 0.5) is 0 Å². The van der Waals surface area contributed by atoms with E-state index in [2.05, 4.69) is 20.2 Å². The molecule has 0 aromatic carbocycles. The second kappa shape index (κ2) is 6.28. The molecule has 1 aliphatic heterocycles. The molecule has 0 bridgehead atoms. The van der Waals surface area contributed by atoms with Gasteiger partial charge in [0.15, 0.2) is 0 Å². The average molecular weight is 330 g/mol. The predicted molar refractivity (Wildman–Crippen MR) is 83.8 cm³/mol. The Hall–Kier alpha value is -0.570. The summed E-state index contributed by atoms with van der Waals surface area (Å²) in [5.41, 5.74) is 1.20. The van der Waals surface area contributed by atoms with E-state index < -0.39 is 10.0 Å². The van der Waals surface area contributed by atoms with Crippen molar-refractivity contribution in [2.45, 2.75) is 43.7 Å². The standard InChI is InChI=1S/C13H22N4O2S2/c1-9-13(12(17-16-9)7-14-11-2-3-11)21(18,19)15-6-10-4-5-20-8-10/h10-11,14-15H,2-8H2,1H3,(H,16,17). The van der Waals surface area contributed by atoms with E-state index in [-0.39, 0.29) is 0 Å². The van der Waals surface area contributed by atoms with Crippen LogP contribution >= 0.6 is 11.8 Å². The Bertz CT molecular complexity index is 589. The van der Waals surface area contributed by atoms with E-state index in [9.17, 15) is 8.42 Å². The molecule has 1 saturated heterocycles. The first-order valence-corrected chi connectivity index (χ1v) is 10.0. The molecule has 118 valence electrons. The van der Waals surface area contributed by atoms with Gasteiger partial charge in [0.25, 0.3) is 0 Å². The van der Waals surface area contributed by atoms with Gasteiger partial charge in [-0.1, -0.05) is 0 Å². The molecule has 6 nitrogen and oxygen atoms in total. The first kappa shape index (κ1) is 15.3. The number of sulfonamides is 1. The quantitative estimate of drug-likeness (QED) is 0.694. The molecular weight excluding hydrogens is 308 g/mol. The van der Waals surface area contributed by atoms with Crippen LogP contribution < -0.4 is 10.0 Å². The van der Waals surface area contributed by atoms with Gasteiger partial charge in [-0.25, -0.2) is 13.1 Å². The largest absolute Gasteiger partial charge is 0.308 e. The molecule has 1 atom stereocenters. The van der Waals surface area contributed by atoms with Gasteiger partial charge >= 0.3 is 0 Å². The van der Waals surface area contributed by atoms with Crippen molar-refractivity contribution in [2.24, 2.45) is 5.92 Å². The fourth-order valence-corrected chi connectivity index (χ4v) is 5.28. The van der Waals surface area contributed by atoms with Crippen LogP contribution in [0.2, 0.25) is 0 Å². The number of nitrogens with one attached hydrogen (secondary N) is 3. The highest BCUT2D eigenvalue weighted by atomic mass is 32.2. The molecule has 1 aromatic rings. The number of aryl methyl sites for hydroxylation is 1. The maximum Gasteiger partial charge on any atom is 0.244 e. The molecule has 1 aromatic heterocycles. The normalized spacial score (nSPS) is 22.8. The summed E-state index contributed by atoms with van der Waals surface area (Å²) in [4.78, 5) is 0.321. The maximum atomic E-state index is 12.5. The minimum Gasteiger partial charge on any atom is -0.308 e. The highest BCUT2D eigenvalue weighted by Crippen LogP contribution is 2.24. The van der Waals surface area contributed by atoms with Gasteiger partial charge in [0.05, 0.1) is 11.4 Å². The Morgan fingerprint density at radius 1 is 1.38 bits per heavy atom. The van der Waals surface area contributed by atoms with Gasteiger partial charge < -0.3 is 5.32 Å². The Balaban J connectivity index is 1.68. The third-order valence-corrected chi connectivity index (χ3v) is 6.81. The van der Waals surface area contributed by atoms with Crippen molar-refractivity contribution in [3.05, 3.63) is 11.4 Å². The summed E-state index contributed by atoms with van der Waals surface area (Å²) in [5, 5.41) is 10.3. The Kier molecular flexibility index (Phi) is 4.58. The highest BCUT2D eigenvalue weighted by Gasteiger charge is 2.27. The van der Waals surface area contributed by atoms with E-state index in [1.807, 2.05) is 11.8 Å². The van der Waals surface area contributed by atoms with Gasteiger partial charge in [-0.05, 0) is 43.6 Å². The summed E-state index contributed by atoms with van der Waals surface area (Å²) in [5.74, 6) is 2.63.